The van der Waals surface area contributed by atoms with Crippen molar-refractivity contribution in [3.05, 3.63) is 46.2 Å². The predicted molar refractivity (Wildman–Crippen MR) is 111 cm³/mol. The minimum atomic E-state index is -0.431. The van der Waals surface area contributed by atoms with Gasteiger partial charge in [0, 0.05) is 49.6 Å². The molecule has 7 nitrogen and oxygen atoms in total. The average molecular weight is 439 g/mol. The second-order valence-electron chi connectivity index (χ2n) is 7.17. The van der Waals surface area contributed by atoms with Crippen LogP contribution in [-0.2, 0) is 11.3 Å². The molecule has 9 heteroatoms. The van der Waals surface area contributed by atoms with Gasteiger partial charge < -0.3 is 15.4 Å². The number of aryl methyl sites for hydroxylation is 1. The van der Waals surface area contributed by atoms with Crippen molar-refractivity contribution in [3.8, 4) is 5.75 Å². The third-order valence-corrected chi connectivity index (χ3v) is 5.42. The van der Waals surface area contributed by atoms with Gasteiger partial charge in [0.2, 0.25) is 5.91 Å². The van der Waals surface area contributed by atoms with Crippen LogP contribution in [0.3, 0.4) is 0 Å². The van der Waals surface area contributed by atoms with Gasteiger partial charge in [0.25, 0.3) is 5.91 Å². The zero-order valence-corrected chi connectivity index (χ0v) is 17.7. The van der Waals surface area contributed by atoms with Crippen molar-refractivity contribution in [2.24, 2.45) is 11.7 Å². The summed E-state index contributed by atoms with van der Waals surface area (Å²) < 4.78 is 7.74. The number of nitrogens with zero attached hydrogens (tertiary/aromatic N) is 3. The number of hydrogen-bond acceptors (Lipinski definition) is 4. The fourth-order valence-corrected chi connectivity index (χ4v) is 3.89. The molecule has 156 valence electrons. The highest BCUT2D eigenvalue weighted by molar-refractivity contribution is 6.33. The van der Waals surface area contributed by atoms with Crippen molar-refractivity contribution in [3.63, 3.8) is 0 Å². The van der Waals surface area contributed by atoms with E-state index in [1.807, 2.05) is 6.92 Å². The molecule has 1 aliphatic rings. The minimum Gasteiger partial charge on any atom is -0.490 e. The molecule has 1 fully saturated rings. The van der Waals surface area contributed by atoms with Crippen LogP contribution in [0.1, 0.15) is 36.7 Å². The molecular weight excluding hydrogens is 415 g/mol. The van der Waals surface area contributed by atoms with Crippen LogP contribution in [-0.4, -0.2) is 45.7 Å². The van der Waals surface area contributed by atoms with E-state index >= 15 is 0 Å². The maximum absolute atomic E-state index is 13.0. The minimum absolute atomic E-state index is 0.125. The molecule has 0 saturated carbocycles. The Morgan fingerprint density at radius 1 is 1.28 bits per heavy atom. The quantitative estimate of drug-likeness (QED) is 0.716. The number of hydrogen-bond donors (Lipinski definition) is 1. The molecule has 2 heterocycles. The van der Waals surface area contributed by atoms with E-state index in [-0.39, 0.29) is 30.0 Å². The van der Waals surface area contributed by atoms with E-state index in [0.717, 1.165) is 6.42 Å². The summed E-state index contributed by atoms with van der Waals surface area (Å²) in [6.07, 6.45) is 3.01. The molecule has 0 radical (unpaired) electrons. The molecule has 2 N–H and O–H groups in total. The molecule has 0 bridgehead atoms. The molecule has 0 aliphatic carbocycles. The summed E-state index contributed by atoms with van der Waals surface area (Å²) in [7, 11) is 0. The summed E-state index contributed by atoms with van der Waals surface area (Å²) in [6.45, 7) is 3.53. The molecule has 3 rings (SSSR count). The number of likely N-dealkylation sites (tertiary alicyclic amines) is 1. The highest BCUT2D eigenvalue weighted by Crippen LogP contribution is 2.28. The summed E-state index contributed by atoms with van der Waals surface area (Å²) in [5.41, 5.74) is 5.67. The van der Waals surface area contributed by atoms with E-state index in [1.54, 1.807) is 40.0 Å². The van der Waals surface area contributed by atoms with Crippen molar-refractivity contribution < 1.29 is 14.3 Å². The van der Waals surface area contributed by atoms with Crippen LogP contribution in [0.15, 0.2) is 30.5 Å². The van der Waals surface area contributed by atoms with Crippen molar-refractivity contribution in [2.75, 3.05) is 13.1 Å². The number of carbonyl (C=O) groups is 2. The first kappa shape index (κ1) is 21.5. The number of ether oxygens (including phenoxy) is 1. The van der Waals surface area contributed by atoms with Crippen LogP contribution in [0.4, 0.5) is 0 Å². The van der Waals surface area contributed by atoms with Crippen LogP contribution in [0, 0.1) is 5.92 Å². The number of rotatable bonds is 7. The van der Waals surface area contributed by atoms with Crippen molar-refractivity contribution >= 4 is 35.0 Å². The topological polar surface area (TPSA) is 90.5 Å². The Morgan fingerprint density at radius 2 is 2.00 bits per heavy atom. The van der Waals surface area contributed by atoms with Gasteiger partial charge in [-0.1, -0.05) is 30.1 Å². The molecule has 2 atom stereocenters. The van der Waals surface area contributed by atoms with E-state index in [0.29, 0.717) is 41.8 Å². The van der Waals surface area contributed by atoms with Crippen LogP contribution < -0.4 is 10.5 Å². The molecule has 2 aromatic rings. The van der Waals surface area contributed by atoms with Gasteiger partial charge in [-0.05, 0) is 30.7 Å². The van der Waals surface area contributed by atoms with Crippen LogP contribution in [0.5, 0.6) is 5.75 Å². The van der Waals surface area contributed by atoms with E-state index in [4.69, 9.17) is 33.7 Å². The molecule has 0 spiro atoms. The molecule has 1 aromatic heterocycles. The van der Waals surface area contributed by atoms with Crippen LogP contribution in [0.2, 0.25) is 10.0 Å². The normalized spacial score (nSPS) is 19.2. The van der Waals surface area contributed by atoms with Crippen molar-refractivity contribution in [1.29, 1.82) is 0 Å². The number of aromatic nitrogens is 2. The summed E-state index contributed by atoms with van der Waals surface area (Å²) in [5.74, 6) is -0.240. The zero-order chi connectivity index (χ0) is 21.0. The number of benzene rings is 1. The lowest BCUT2D eigenvalue weighted by Crippen LogP contribution is -2.49. The van der Waals surface area contributed by atoms with E-state index < -0.39 is 5.91 Å². The Balaban J connectivity index is 1.72. The standard InChI is InChI=1S/C20H24Cl2N4O3/c1-2-8-26-12-16(22)19(24-26)20(28)25-9-7-17(13(11-25)10-18(23)27)29-15-5-3-14(21)4-6-15/h3-6,12-13,17H,2,7-11H2,1H3,(H2,23,27)/t13-,17-/m0/s1. The average Bonchev–Trinajstić information content (AvgIpc) is 3.04. The van der Waals surface area contributed by atoms with Gasteiger partial charge in [-0.25, -0.2) is 0 Å². The lowest BCUT2D eigenvalue weighted by molar-refractivity contribution is -0.120. The predicted octanol–water partition coefficient (Wildman–Crippen LogP) is 3.39. The first-order chi connectivity index (χ1) is 13.9. The van der Waals surface area contributed by atoms with Crippen LogP contribution in [0.25, 0.3) is 0 Å². The first-order valence-electron chi connectivity index (χ1n) is 9.60. The molecule has 29 heavy (non-hydrogen) atoms. The monoisotopic (exact) mass is 438 g/mol. The van der Waals surface area contributed by atoms with Gasteiger partial charge in [-0.2, -0.15) is 5.10 Å². The Labute approximate surface area is 179 Å². The molecular formula is C20H24Cl2N4O3. The first-order valence-corrected chi connectivity index (χ1v) is 10.4. The fraction of sp³-hybridized carbons (Fsp3) is 0.450. The molecule has 1 aromatic carbocycles. The van der Waals surface area contributed by atoms with Crippen molar-refractivity contribution in [1.82, 2.24) is 14.7 Å². The second-order valence-corrected chi connectivity index (χ2v) is 8.01. The Bertz CT molecular complexity index is 869. The summed E-state index contributed by atoms with van der Waals surface area (Å²) in [6, 6.07) is 7.04. The van der Waals surface area contributed by atoms with Gasteiger partial charge in [-0.15, -0.1) is 0 Å². The summed E-state index contributed by atoms with van der Waals surface area (Å²) in [4.78, 5) is 26.2. The highest BCUT2D eigenvalue weighted by Gasteiger charge is 2.35. The third-order valence-electron chi connectivity index (χ3n) is 4.89. The van der Waals surface area contributed by atoms with Gasteiger partial charge in [-0.3, -0.25) is 14.3 Å². The largest absolute Gasteiger partial charge is 0.490 e. The maximum atomic E-state index is 13.0. The van der Waals surface area contributed by atoms with E-state index in [1.165, 1.54) is 0 Å². The number of carbonyl (C=O) groups excluding carboxylic acids is 2. The fourth-order valence-electron chi connectivity index (χ4n) is 3.53. The van der Waals surface area contributed by atoms with E-state index in [9.17, 15) is 9.59 Å². The highest BCUT2D eigenvalue weighted by atomic mass is 35.5. The van der Waals surface area contributed by atoms with Gasteiger partial charge in [0.1, 0.15) is 11.9 Å². The van der Waals surface area contributed by atoms with Gasteiger partial charge >= 0.3 is 0 Å². The van der Waals surface area contributed by atoms with Crippen LogP contribution >= 0.6 is 23.2 Å². The maximum Gasteiger partial charge on any atom is 0.275 e. The Morgan fingerprint density at radius 3 is 2.66 bits per heavy atom. The number of nitrogens with two attached hydrogens (primary N) is 1. The second kappa shape index (κ2) is 9.50. The van der Waals surface area contributed by atoms with Gasteiger partial charge in [0.15, 0.2) is 5.69 Å². The molecule has 0 unspecified atom stereocenters. The Kier molecular flexibility index (Phi) is 7.03. The molecule has 2 amide bonds. The number of halogens is 2. The summed E-state index contributed by atoms with van der Waals surface area (Å²) >= 11 is 12.1. The Hall–Kier alpha value is -2.25. The van der Waals surface area contributed by atoms with E-state index in [2.05, 4.69) is 5.10 Å². The summed E-state index contributed by atoms with van der Waals surface area (Å²) in [5, 5.41) is 5.26. The third kappa shape index (κ3) is 5.42. The SMILES string of the molecule is CCCn1cc(Cl)c(C(=O)N2CC[C@H](Oc3ccc(Cl)cc3)[C@@H](CC(N)=O)C2)n1. The zero-order valence-electron chi connectivity index (χ0n) is 16.2. The molecule has 1 aliphatic heterocycles. The van der Waals surface area contributed by atoms with Gasteiger partial charge in [0.05, 0.1) is 5.02 Å². The number of piperidine rings is 1. The molecule has 1 saturated heterocycles. The number of primary amides is 1. The lowest BCUT2D eigenvalue weighted by atomic mass is 9.91. The van der Waals surface area contributed by atoms with Crippen molar-refractivity contribution in [2.45, 2.75) is 38.8 Å². The smallest absolute Gasteiger partial charge is 0.275 e. The number of amides is 2. The lowest BCUT2D eigenvalue weighted by Gasteiger charge is -2.38.